The molecule has 0 fully saturated rings. The van der Waals surface area contributed by atoms with E-state index in [9.17, 15) is 14.7 Å². The summed E-state index contributed by atoms with van der Waals surface area (Å²) in [4.78, 5) is 26.9. The van der Waals surface area contributed by atoms with Crippen LogP contribution in [0.3, 0.4) is 0 Å². The number of thiazole rings is 1. The topological polar surface area (TPSA) is 70.2 Å². The molecule has 0 bridgehead atoms. The van der Waals surface area contributed by atoms with Gasteiger partial charge >= 0.3 is 0 Å². The third kappa shape index (κ3) is 3.82. The van der Waals surface area contributed by atoms with Gasteiger partial charge in [0.15, 0.2) is 5.78 Å². The molecule has 0 saturated heterocycles. The van der Waals surface area contributed by atoms with Gasteiger partial charge in [-0.3, -0.25) is 9.59 Å². The number of Topliss-reactive ketones (excluding diaryl/α,β-unsaturated/α-hetero) is 1. The highest BCUT2D eigenvalue weighted by Crippen LogP contribution is 2.11. The molecule has 0 spiro atoms. The van der Waals surface area contributed by atoms with Crippen LogP contribution in [0.1, 0.15) is 15.9 Å². The summed E-state index contributed by atoms with van der Waals surface area (Å²) in [5, 5.41) is 9.83. The number of phenolic OH excluding ortho intramolecular Hbond substituents is 1. The van der Waals surface area contributed by atoms with Crippen LogP contribution >= 0.6 is 22.9 Å². The normalized spacial score (nSPS) is 12.5. The Balaban J connectivity index is 1.96. The number of halogens is 1. The highest BCUT2D eigenvalue weighted by molar-refractivity contribution is 7.07. The minimum Gasteiger partial charge on any atom is -0.508 e. The molecule has 2 aromatic carbocycles. The molecule has 0 unspecified atom stereocenters. The molecule has 0 aliphatic rings. The Bertz CT molecular complexity index is 1050. The molecule has 0 atom stereocenters. The SMILES string of the molecule is O=C(/C=c1/[nH]c(=O)/c(=C\c2ccc(O)cc2)s1)c1ccc(Cl)cc1. The monoisotopic (exact) mass is 357 g/mol. The molecular formula is C18H12ClNO3S. The quantitative estimate of drug-likeness (QED) is 0.706. The molecule has 4 nitrogen and oxygen atoms in total. The van der Waals surface area contributed by atoms with E-state index in [1.165, 1.54) is 17.4 Å². The molecule has 0 aliphatic heterocycles. The number of benzene rings is 2. The van der Waals surface area contributed by atoms with Gasteiger partial charge in [-0.2, -0.15) is 0 Å². The number of H-pyrrole nitrogens is 1. The van der Waals surface area contributed by atoms with Crippen molar-refractivity contribution in [1.82, 2.24) is 4.98 Å². The Morgan fingerprint density at radius 1 is 1.08 bits per heavy atom. The maximum atomic E-state index is 12.2. The van der Waals surface area contributed by atoms with E-state index >= 15 is 0 Å². The van der Waals surface area contributed by atoms with Crippen LogP contribution in [0.4, 0.5) is 0 Å². The number of aromatic nitrogens is 1. The van der Waals surface area contributed by atoms with Gasteiger partial charge in [-0.15, -0.1) is 11.3 Å². The van der Waals surface area contributed by atoms with E-state index in [1.807, 2.05) is 0 Å². The van der Waals surface area contributed by atoms with Crippen LogP contribution in [-0.4, -0.2) is 15.9 Å². The van der Waals surface area contributed by atoms with Crippen LogP contribution in [0.5, 0.6) is 5.75 Å². The minimum atomic E-state index is -0.261. The number of phenols is 1. The largest absolute Gasteiger partial charge is 0.508 e. The van der Waals surface area contributed by atoms with E-state index in [0.29, 0.717) is 19.8 Å². The molecule has 0 aliphatic carbocycles. The molecule has 3 aromatic rings. The lowest BCUT2D eigenvalue weighted by Crippen LogP contribution is -2.19. The third-order valence-electron chi connectivity index (χ3n) is 3.26. The predicted octanol–water partition coefficient (Wildman–Crippen LogP) is 2.29. The number of aromatic hydroxyl groups is 1. The molecule has 0 radical (unpaired) electrons. The van der Waals surface area contributed by atoms with Crippen LogP contribution in [0.15, 0.2) is 53.3 Å². The van der Waals surface area contributed by atoms with Crippen LogP contribution in [0, 0.1) is 0 Å². The van der Waals surface area contributed by atoms with E-state index in [0.717, 1.165) is 5.56 Å². The lowest BCUT2D eigenvalue weighted by molar-refractivity contribution is 0.106. The smallest absolute Gasteiger partial charge is 0.266 e. The molecule has 0 saturated carbocycles. The van der Waals surface area contributed by atoms with Crippen molar-refractivity contribution in [2.75, 3.05) is 0 Å². The second-order valence-electron chi connectivity index (χ2n) is 5.04. The van der Waals surface area contributed by atoms with Crippen molar-refractivity contribution in [3.8, 4) is 5.75 Å². The zero-order valence-electron chi connectivity index (χ0n) is 12.3. The summed E-state index contributed by atoms with van der Waals surface area (Å²) < 4.78 is 0.959. The summed E-state index contributed by atoms with van der Waals surface area (Å²) in [6, 6.07) is 13.1. The number of hydrogen-bond donors (Lipinski definition) is 2. The Morgan fingerprint density at radius 2 is 1.75 bits per heavy atom. The third-order valence-corrected chi connectivity index (χ3v) is 4.48. The fourth-order valence-corrected chi connectivity index (χ4v) is 3.07. The van der Waals surface area contributed by atoms with Crippen molar-refractivity contribution < 1.29 is 9.90 Å². The van der Waals surface area contributed by atoms with Crippen LogP contribution in [0.25, 0.3) is 12.2 Å². The molecule has 120 valence electrons. The number of hydrogen-bond acceptors (Lipinski definition) is 4. The standard InChI is InChI=1S/C18H12ClNO3S/c19-13-5-3-12(4-6-13)15(22)10-17-20-18(23)16(24-17)9-11-1-7-14(21)8-2-11/h1-10,21H,(H,20,23)/b16-9+,17-10-. The summed E-state index contributed by atoms with van der Waals surface area (Å²) in [6.07, 6.45) is 3.09. The Labute approximate surface area is 146 Å². The number of carbonyl (C=O) groups is 1. The maximum absolute atomic E-state index is 12.2. The van der Waals surface area contributed by atoms with E-state index < -0.39 is 0 Å². The first-order chi connectivity index (χ1) is 11.5. The minimum absolute atomic E-state index is 0.162. The van der Waals surface area contributed by atoms with E-state index in [1.54, 1.807) is 54.6 Å². The van der Waals surface area contributed by atoms with Gasteiger partial charge in [0.25, 0.3) is 5.56 Å². The van der Waals surface area contributed by atoms with Crippen molar-refractivity contribution in [2.45, 2.75) is 0 Å². The maximum Gasteiger partial charge on any atom is 0.266 e. The summed E-state index contributed by atoms with van der Waals surface area (Å²) in [6.45, 7) is 0. The summed E-state index contributed by atoms with van der Waals surface area (Å²) in [7, 11) is 0. The number of nitrogens with one attached hydrogen (secondary N) is 1. The number of rotatable bonds is 3. The average Bonchev–Trinajstić information content (AvgIpc) is 2.89. The van der Waals surface area contributed by atoms with Crippen LogP contribution < -0.4 is 14.8 Å². The zero-order chi connectivity index (χ0) is 17.1. The summed E-state index contributed by atoms with van der Waals surface area (Å²) >= 11 is 7.00. The molecule has 24 heavy (non-hydrogen) atoms. The fourth-order valence-electron chi connectivity index (χ4n) is 2.06. The molecule has 3 rings (SSSR count). The molecule has 0 amide bonds. The van der Waals surface area contributed by atoms with Crippen LogP contribution in [0.2, 0.25) is 5.02 Å². The Kier molecular flexibility index (Phi) is 4.64. The van der Waals surface area contributed by atoms with E-state index in [-0.39, 0.29) is 17.1 Å². The first-order valence-corrected chi connectivity index (χ1v) is 8.22. The van der Waals surface area contributed by atoms with Gasteiger partial charge in [-0.05, 0) is 48.0 Å². The van der Waals surface area contributed by atoms with Crippen molar-refractivity contribution in [1.29, 1.82) is 0 Å². The van der Waals surface area contributed by atoms with Crippen LogP contribution in [-0.2, 0) is 0 Å². The van der Waals surface area contributed by atoms with Gasteiger partial charge in [-0.25, -0.2) is 0 Å². The van der Waals surface area contributed by atoms with Crippen molar-refractivity contribution in [3.63, 3.8) is 0 Å². The zero-order valence-corrected chi connectivity index (χ0v) is 13.9. The predicted molar refractivity (Wildman–Crippen MR) is 96.1 cm³/mol. The fraction of sp³-hybridized carbons (Fsp3) is 0. The van der Waals surface area contributed by atoms with E-state index in [2.05, 4.69) is 4.98 Å². The van der Waals surface area contributed by atoms with Gasteiger partial charge in [0.1, 0.15) is 5.75 Å². The van der Waals surface area contributed by atoms with Crippen molar-refractivity contribution in [3.05, 3.63) is 84.2 Å². The first kappa shape index (κ1) is 16.2. The van der Waals surface area contributed by atoms with Gasteiger partial charge in [-0.1, -0.05) is 23.7 Å². The second-order valence-corrected chi connectivity index (χ2v) is 6.56. The first-order valence-electron chi connectivity index (χ1n) is 7.03. The molecule has 6 heteroatoms. The highest BCUT2D eigenvalue weighted by atomic mass is 35.5. The summed E-state index contributed by atoms with van der Waals surface area (Å²) in [5.74, 6) is -0.0461. The Hall–Kier alpha value is -2.63. The number of ketones is 1. The molecule has 1 heterocycles. The van der Waals surface area contributed by atoms with Gasteiger partial charge in [0.05, 0.1) is 9.20 Å². The number of carbonyl (C=O) groups excluding carboxylic acids is 1. The summed E-state index contributed by atoms with van der Waals surface area (Å²) in [5.41, 5.74) is 1.02. The molecule has 2 N–H and O–H groups in total. The second kappa shape index (κ2) is 6.86. The van der Waals surface area contributed by atoms with E-state index in [4.69, 9.17) is 11.6 Å². The molecular weight excluding hydrogens is 346 g/mol. The van der Waals surface area contributed by atoms with Crippen molar-refractivity contribution >= 4 is 40.9 Å². The Morgan fingerprint density at radius 3 is 2.42 bits per heavy atom. The van der Waals surface area contributed by atoms with Gasteiger partial charge in [0.2, 0.25) is 0 Å². The van der Waals surface area contributed by atoms with Crippen molar-refractivity contribution in [2.24, 2.45) is 0 Å². The van der Waals surface area contributed by atoms with Gasteiger partial charge in [0, 0.05) is 16.7 Å². The highest BCUT2D eigenvalue weighted by Gasteiger charge is 2.03. The molecule has 1 aromatic heterocycles. The lowest BCUT2D eigenvalue weighted by Gasteiger charge is -1.94. The average molecular weight is 358 g/mol. The number of aromatic amines is 1. The van der Waals surface area contributed by atoms with Gasteiger partial charge < -0.3 is 10.1 Å². The lowest BCUT2D eigenvalue weighted by atomic mass is 10.1.